The van der Waals surface area contributed by atoms with Crippen LogP contribution in [0.4, 0.5) is 0 Å². The second-order valence-corrected chi connectivity index (χ2v) is 6.82. The lowest BCUT2D eigenvalue weighted by molar-refractivity contribution is 0.0203. The Kier molecular flexibility index (Phi) is 7.86. The number of nitrogens with zero attached hydrogens (tertiary/aromatic N) is 2. The first-order valence-electron chi connectivity index (χ1n) is 9.79. The van der Waals surface area contributed by atoms with Gasteiger partial charge in [-0.2, -0.15) is 0 Å². The largest absolute Gasteiger partial charge is 0.381 e. The number of pyridine rings is 1. The number of hydrogen-bond donors (Lipinski definition) is 2. The van der Waals surface area contributed by atoms with Crippen LogP contribution in [0.3, 0.4) is 0 Å². The Bertz CT molecular complexity index is 724. The molecule has 0 spiro atoms. The second-order valence-electron chi connectivity index (χ2n) is 6.82. The van der Waals surface area contributed by atoms with Gasteiger partial charge in [0.2, 0.25) is 0 Å². The van der Waals surface area contributed by atoms with Gasteiger partial charge in [-0.25, -0.2) is 0 Å². The minimum Gasteiger partial charge on any atom is -0.381 e. The topological polar surface area (TPSA) is 67.8 Å². The van der Waals surface area contributed by atoms with Crippen LogP contribution in [-0.2, 0) is 16.0 Å². The zero-order chi connectivity index (χ0) is 18.7. The van der Waals surface area contributed by atoms with Crippen LogP contribution in [0.1, 0.15) is 24.8 Å². The number of aromatic nitrogens is 1. The maximum Gasteiger partial charge on any atom is 0.191 e. The van der Waals surface area contributed by atoms with Crippen molar-refractivity contribution in [3.05, 3.63) is 42.1 Å². The normalized spacial score (nSPS) is 15.8. The monoisotopic (exact) mass is 370 g/mol. The fourth-order valence-electron chi connectivity index (χ4n) is 3.25. The highest BCUT2D eigenvalue weighted by molar-refractivity contribution is 5.83. The van der Waals surface area contributed by atoms with Gasteiger partial charge in [0.15, 0.2) is 5.96 Å². The highest BCUT2D eigenvalue weighted by Crippen LogP contribution is 2.16. The van der Waals surface area contributed by atoms with Crippen LogP contribution in [0, 0.1) is 5.92 Å². The Hall–Kier alpha value is -2.18. The molecule has 2 N–H and O–H groups in total. The van der Waals surface area contributed by atoms with Gasteiger partial charge < -0.3 is 20.1 Å². The molecule has 2 heterocycles. The summed E-state index contributed by atoms with van der Waals surface area (Å²) >= 11 is 0. The molecular weight excluding hydrogens is 340 g/mol. The molecule has 0 saturated carbocycles. The van der Waals surface area contributed by atoms with E-state index in [9.17, 15) is 0 Å². The molecule has 0 radical (unpaired) electrons. The number of guanidine groups is 1. The van der Waals surface area contributed by atoms with Crippen LogP contribution >= 0.6 is 0 Å². The van der Waals surface area contributed by atoms with Crippen LogP contribution in [0.25, 0.3) is 10.9 Å². The van der Waals surface area contributed by atoms with Crippen LogP contribution in [0.5, 0.6) is 0 Å². The molecular formula is C21H30N4O2. The van der Waals surface area contributed by atoms with Crippen LogP contribution in [0.2, 0.25) is 0 Å². The summed E-state index contributed by atoms with van der Waals surface area (Å²) in [5.41, 5.74) is 2.23. The van der Waals surface area contributed by atoms with Crippen molar-refractivity contribution < 1.29 is 9.47 Å². The summed E-state index contributed by atoms with van der Waals surface area (Å²) in [6, 6.07) is 10.2. The molecule has 1 aliphatic heterocycles. The van der Waals surface area contributed by atoms with Gasteiger partial charge >= 0.3 is 0 Å². The Morgan fingerprint density at radius 2 is 2.07 bits per heavy atom. The van der Waals surface area contributed by atoms with Crippen molar-refractivity contribution in [2.75, 3.05) is 40.0 Å². The summed E-state index contributed by atoms with van der Waals surface area (Å²) in [7, 11) is 1.79. The first-order valence-corrected chi connectivity index (χ1v) is 9.79. The van der Waals surface area contributed by atoms with E-state index < -0.39 is 0 Å². The summed E-state index contributed by atoms with van der Waals surface area (Å²) in [4.78, 5) is 8.70. The molecule has 1 aromatic carbocycles. The van der Waals surface area contributed by atoms with E-state index in [2.05, 4.69) is 26.7 Å². The van der Waals surface area contributed by atoms with E-state index >= 15 is 0 Å². The van der Waals surface area contributed by atoms with Crippen molar-refractivity contribution in [1.82, 2.24) is 15.6 Å². The van der Waals surface area contributed by atoms with Gasteiger partial charge in [-0.1, -0.05) is 18.2 Å². The molecule has 0 amide bonds. The summed E-state index contributed by atoms with van der Waals surface area (Å²) in [5, 5.41) is 7.90. The molecule has 1 fully saturated rings. The van der Waals surface area contributed by atoms with Crippen molar-refractivity contribution in [3.63, 3.8) is 0 Å². The molecule has 0 atom stereocenters. The molecule has 1 saturated heterocycles. The molecule has 0 unspecified atom stereocenters. The molecule has 146 valence electrons. The fraction of sp³-hybridized carbons (Fsp3) is 0.524. The zero-order valence-electron chi connectivity index (χ0n) is 16.1. The van der Waals surface area contributed by atoms with Gasteiger partial charge in [0.1, 0.15) is 0 Å². The second kappa shape index (κ2) is 10.8. The van der Waals surface area contributed by atoms with Gasteiger partial charge in [-0.15, -0.1) is 0 Å². The number of rotatable bonds is 8. The first-order chi connectivity index (χ1) is 13.4. The minimum absolute atomic E-state index is 0.663. The SMILES string of the molecule is CN=C(NCCCOCC1CCOCC1)NCc1ccnc2ccccc12. The summed E-state index contributed by atoms with van der Waals surface area (Å²) in [6.07, 6.45) is 5.06. The van der Waals surface area contributed by atoms with Crippen LogP contribution in [-0.4, -0.2) is 51.0 Å². The third-order valence-corrected chi connectivity index (χ3v) is 4.86. The molecule has 1 aromatic heterocycles. The quantitative estimate of drug-likeness (QED) is 0.425. The van der Waals surface area contributed by atoms with Gasteiger partial charge in [-0.05, 0) is 42.9 Å². The van der Waals surface area contributed by atoms with Crippen molar-refractivity contribution >= 4 is 16.9 Å². The lowest BCUT2D eigenvalue weighted by Gasteiger charge is -2.21. The van der Waals surface area contributed by atoms with E-state index in [0.29, 0.717) is 12.5 Å². The number of fused-ring (bicyclic) bond motifs is 1. The van der Waals surface area contributed by atoms with E-state index in [1.807, 2.05) is 30.5 Å². The molecule has 6 nitrogen and oxygen atoms in total. The van der Waals surface area contributed by atoms with Crippen molar-refractivity contribution in [3.8, 4) is 0 Å². The third-order valence-electron chi connectivity index (χ3n) is 4.86. The number of aliphatic imine (C=N–C) groups is 1. The summed E-state index contributed by atoms with van der Waals surface area (Å²) < 4.78 is 11.2. The lowest BCUT2D eigenvalue weighted by atomic mass is 10.0. The van der Waals surface area contributed by atoms with Crippen LogP contribution in [0.15, 0.2) is 41.5 Å². The zero-order valence-corrected chi connectivity index (χ0v) is 16.1. The molecule has 1 aliphatic rings. The highest BCUT2D eigenvalue weighted by atomic mass is 16.5. The van der Waals surface area contributed by atoms with Gasteiger partial charge in [-0.3, -0.25) is 9.98 Å². The van der Waals surface area contributed by atoms with Crippen molar-refractivity contribution in [2.24, 2.45) is 10.9 Å². The van der Waals surface area contributed by atoms with E-state index in [-0.39, 0.29) is 0 Å². The molecule has 0 aliphatic carbocycles. The van der Waals surface area contributed by atoms with Gasteiger partial charge in [0, 0.05) is 58.1 Å². The Morgan fingerprint density at radius 1 is 1.22 bits per heavy atom. The number of hydrogen-bond acceptors (Lipinski definition) is 4. The van der Waals surface area contributed by atoms with Crippen molar-refractivity contribution in [2.45, 2.75) is 25.8 Å². The van der Waals surface area contributed by atoms with E-state index in [1.165, 1.54) is 10.9 Å². The number of para-hydroxylation sites is 1. The molecule has 2 aromatic rings. The molecule has 3 rings (SSSR count). The van der Waals surface area contributed by atoms with E-state index in [4.69, 9.17) is 9.47 Å². The predicted octanol–water partition coefficient (Wildman–Crippen LogP) is 2.73. The van der Waals surface area contributed by atoms with Crippen molar-refractivity contribution in [1.29, 1.82) is 0 Å². The summed E-state index contributed by atoms with van der Waals surface area (Å²) in [5.74, 6) is 1.47. The van der Waals surface area contributed by atoms with E-state index in [1.54, 1.807) is 7.05 Å². The Morgan fingerprint density at radius 3 is 2.93 bits per heavy atom. The van der Waals surface area contributed by atoms with Gasteiger partial charge in [0.25, 0.3) is 0 Å². The molecule has 27 heavy (non-hydrogen) atoms. The summed E-state index contributed by atoms with van der Waals surface area (Å²) in [6.45, 7) is 4.93. The van der Waals surface area contributed by atoms with E-state index in [0.717, 1.165) is 63.7 Å². The fourth-order valence-corrected chi connectivity index (χ4v) is 3.25. The molecule has 6 heteroatoms. The Labute approximate surface area is 161 Å². The smallest absolute Gasteiger partial charge is 0.191 e. The first kappa shape index (κ1) is 19.6. The lowest BCUT2D eigenvalue weighted by Crippen LogP contribution is -2.37. The third kappa shape index (κ3) is 6.19. The Balaban J connectivity index is 1.34. The maximum absolute atomic E-state index is 5.80. The predicted molar refractivity (Wildman–Crippen MR) is 109 cm³/mol. The van der Waals surface area contributed by atoms with Gasteiger partial charge in [0.05, 0.1) is 5.52 Å². The van der Waals surface area contributed by atoms with Crippen LogP contribution < -0.4 is 10.6 Å². The molecule has 0 bridgehead atoms. The average molecular weight is 370 g/mol. The maximum atomic E-state index is 5.80. The standard InChI is InChI=1S/C21H30N4O2/c1-22-21(24-10-4-12-27-16-17-8-13-26-14-9-17)25-15-18-7-11-23-20-6-3-2-5-19(18)20/h2-3,5-7,11,17H,4,8-10,12-16H2,1H3,(H2,22,24,25). The highest BCUT2D eigenvalue weighted by Gasteiger charge is 2.13. The number of nitrogens with one attached hydrogen (secondary N) is 2. The minimum atomic E-state index is 0.663. The average Bonchev–Trinajstić information content (AvgIpc) is 2.73. The number of ether oxygens (including phenoxy) is 2. The number of benzene rings is 1.